The average molecular weight is 458 g/mol. The molecule has 2 aliphatic carbocycles. The smallest absolute Gasteiger partial charge is 0.302 e. The topological polar surface area (TPSA) is 66.5 Å². The van der Waals surface area contributed by atoms with Gasteiger partial charge in [0.05, 0.1) is 6.61 Å². The van der Waals surface area contributed by atoms with Gasteiger partial charge < -0.3 is 28.6 Å². The quantitative estimate of drug-likeness (QED) is 0.231. The van der Waals surface area contributed by atoms with Crippen LogP contribution in [-0.2, 0) is 30.8 Å². The zero-order valence-electron chi connectivity index (χ0n) is 19.9. The SMILES string of the molecule is COCOc1ccc2c3c1O[C@H]1[C@@H](OCCCCCOC(C)=O)C=C[C@H]4[C@@H](C2)N(C)CC[C@@]341. The molecule has 1 saturated heterocycles. The maximum Gasteiger partial charge on any atom is 0.302 e. The van der Waals surface area contributed by atoms with Crippen molar-refractivity contribution in [3.8, 4) is 11.5 Å². The van der Waals surface area contributed by atoms with Crippen molar-refractivity contribution >= 4 is 5.97 Å². The van der Waals surface area contributed by atoms with Crippen LogP contribution in [0.5, 0.6) is 11.5 Å². The number of nitrogens with zero attached hydrogens (tertiary/aromatic N) is 1. The van der Waals surface area contributed by atoms with Crippen LogP contribution in [0.3, 0.4) is 0 Å². The molecule has 7 nitrogen and oxygen atoms in total. The van der Waals surface area contributed by atoms with Crippen molar-refractivity contribution in [3.63, 3.8) is 0 Å². The molecule has 1 aromatic rings. The molecule has 1 spiro atoms. The number of benzene rings is 1. The molecule has 4 aliphatic rings. The van der Waals surface area contributed by atoms with Gasteiger partial charge >= 0.3 is 5.97 Å². The number of hydrogen-bond acceptors (Lipinski definition) is 7. The third kappa shape index (κ3) is 3.84. The Balaban J connectivity index is 1.36. The lowest BCUT2D eigenvalue weighted by molar-refractivity contribution is -0.141. The van der Waals surface area contributed by atoms with Crippen molar-refractivity contribution in [3.05, 3.63) is 35.4 Å². The highest BCUT2D eigenvalue weighted by atomic mass is 16.7. The Labute approximate surface area is 196 Å². The third-order valence-corrected chi connectivity index (χ3v) is 7.85. The summed E-state index contributed by atoms with van der Waals surface area (Å²) in [5.41, 5.74) is 2.65. The van der Waals surface area contributed by atoms with E-state index in [4.69, 9.17) is 23.7 Å². The average Bonchev–Trinajstić information content (AvgIpc) is 3.15. The Kier molecular flexibility index (Phi) is 6.38. The van der Waals surface area contributed by atoms with Crippen LogP contribution in [0.2, 0.25) is 0 Å². The molecule has 1 aromatic carbocycles. The number of likely N-dealkylation sites (N-methyl/N-ethyl adjacent to an activating group) is 1. The minimum absolute atomic E-state index is 0.0499. The molecular weight excluding hydrogens is 422 g/mol. The number of piperidine rings is 1. The van der Waals surface area contributed by atoms with E-state index in [1.807, 2.05) is 6.07 Å². The maximum absolute atomic E-state index is 10.9. The second-order valence-electron chi connectivity index (χ2n) is 9.71. The van der Waals surface area contributed by atoms with Gasteiger partial charge in [-0.2, -0.15) is 0 Å². The van der Waals surface area contributed by atoms with E-state index in [0.717, 1.165) is 50.1 Å². The summed E-state index contributed by atoms with van der Waals surface area (Å²) in [6, 6.07) is 4.73. The molecule has 5 atom stereocenters. The number of likely N-dealkylation sites (tertiary alicyclic amines) is 1. The van der Waals surface area contributed by atoms with E-state index >= 15 is 0 Å². The zero-order valence-corrected chi connectivity index (χ0v) is 19.9. The Hall–Kier alpha value is -2.09. The Morgan fingerprint density at radius 1 is 1.21 bits per heavy atom. The normalized spacial score (nSPS) is 31.1. The molecule has 5 rings (SSSR count). The molecule has 33 heavy (non-hydrogen) atoms. The largest absolute Gasteiger partial charge is 0.482 e. The second kappa shape index (κ2) is 9.28. The predicted octanol–water partition coefficient (Wildman–Crippen LogP) is 3.23. The molecule has 1 fully saturated rings. The number of hydrogen-bond donors (Lipinski definition) is 0. The van der Waals surface area contributed by atoms with Gasteiger partial charge in [0.15, 0.2) is 18.3 Å². The van der Waals surface area contributed by atoms with Crippen LogP contribution in [0.25, 0.3) is 0 Å². The lowest BCUT2D eigenvalue weighted by Crippen LogP contribution is -2.65. The highest BCUT2D eigenvalue weighted by Crippen LogP contribution is 2.62. The first kappa shape index (κ1) is 22.7. The van der Waals surface area contributed by atoms with Gasteiger partial charge in [-0.1, -0.05) is 18.2 Å². The molecule has 0 saturated carbocycles. The highest BCUT2D eigenvalue weighted by Gasteiger charge is 2.64. The minimum atomic E-state index is -0.220. The summed E-state index contributed by atoms with van der Waals surface area (Å²) in [5.74, 6) is 1.85. The summed E-state index contributed by atoms with van der Waals surface area (Å²) in [6.45, 7) is 3.84. The summed E-state index contributed by atoms with van der Waals surface area (Å²) in [4.78, 5) is 13.4. The van der Waals surface area contributed by atoms with Gasteiger partial charge in [0.25, 0.3) is 0 Å². The predicted molar refractivity (Wildman–Crippen MR) is 123 cm³/mol. The van der Waals surface area contributed by atoms with Crippen molar-refractivity contribution in [1.29, 1.82) is 0 Å². The molecule has 180 valence electrons. The van der Waals surface area contributed by atoms with E-state index in [9.17, 15) is 4.79 Å². The van der Waals surface area contributed by atoms with Gasteiger partial charge in [-0.3, -0.25) is 4.79 Å². The van der Waals surface area contributed by atoms with Gasteiger partial charge in [-0.05, 0) is 57.3 Å². The fraction of sp³-hybridized carbons (Fsp3) is 0.654. The fourth-order valence-corrected chi connectivity index (χ4v) is 6.40. The number of carbonyl (C=O) groups excluding carboxylic acids is 1. The van der Waals surface area contributed by atoms with E-state index in [1.165, 1.54) is 18.1 Å². The summed E-state index contributed by atoms with van der Waals surface area (Å²) in [6.07, 6.45) is 9.32. The van der Waals surface area contributed by atoms with Crippen LogP contribution in [-0.4, -0.2) is 69.8 Å². The lowest BCUT2D eigenvalue weighted by Gasteiger charge is -2.56. The van der Waals surface area contributed by atoms with E-state index in [-0.39, 0.29) is 30.4 Å². The first-order chi connectivity index (χ1) is 16.1. The van der Waals surface area contributed by atoms with Gasteiger partial charge in [-0.15, -0.1) is 0 Å². The Morgan fingerprint density at radius 3 is 2.88 bits per heavy atom. The van der Waals surface area contributed by atoms with Crippen LogP contribution >= 0.6 is 0 Å². The highest BCUT2D eigenvalue weighted by molar-refractivity contribution is 5.65. The molecule has 0 aromatic heterocycles. The number of esters is 1. The first-order valence-corrected chi connectivity index (χ1v) is 12.1. The van der Waals surface area contributed by atoms with Crippen LogP contribution < -0.4 is 9.47 Å². The molecule has 0 unspecified atom stereocenters. The van der Waals surface area contributed by atoms with E-state index in [1.54, 1.807) is 7.11 Å². The molecule has 0 radical (unpaired) electrons. The van der Waals surface area contributed by atoms with Crippen molar-refractivity contribution in [2.45, 2.75) is 62.7 Å². The molecular formula is C26H35NO6. The number of ether oxygens (including phenoxy) is 5. The molecule has 0 amide bonds. The molecule has 7 heteroatoms. The van der Waals surface area contributed by atoms with E-state index in [2.05, 4.69) is 30.2 Å². The van der Waals surface area contributed by atoms with Crippen molar-refractivity contribution < 1.29 is 28.5 Å². The number of unbranched alkanes of at least 4 members (excludes halogenated alkanes) is 2. The maximum atomic E-state index is 10.9. The van der Waals surface area contributed by atoms with Gasteiger partial charge in [0.1, 0.15) is 12.2 Å². The number of carbonyl (C=O) groups is 1. The Bertz CT molecular complexity index is 916. The number of rotatable bonds is 10. The van der Waals surface area contributed by atoms with Gasteiger partial charge in [0, 0.05) is 43.6 Å². The third-order valence-electron chi connectivity index (χ3n) is 7.85. The standard InChI is InChI=1S/C26H35NO6/c1-17(28)30-13-5-4-6-14-31-22-10-8-19-20-15-18-7-9-21(32-16-29-3)24-23(18)26(19,25(22)33-24)11-12-27(20)2/h7-10,19-20,22,25H,4-6,11-16H2,1-3H3/t19-,20+,22-,25-,26-/m0/s1. The summed E-state index contributed by atoms with van der Waals surface area (Å²) in [5, 5.41) is 0. The number of methoxy groups -OCH3 is 1. The fourth-order valence-electron chi connectivity index (χ4n) is 6.40. The van der Waals surface area contributed by atoms with E-state index < -0.39 is 0 Å². The summed E-state index contributed by atoms with van der Waals surface area (Å²) >= 11 is 0. The van der Waals surface area contributed by atoms with Crippen LogP contribution in [0.4, 0.5) is 0 Å². The van der Waals surface area contributed by atoms with Crippen molar-refractivity contribution in [1.82, 2.24) is 4.90 Å². The summed E-state index contributed by atoms with van der Waals surface area (Å²) < 4.78 is 29.2. The molecule has 0 N–H and O–H groups in total. The molecule has 2 aliphatic heterocycles. The molecule has 2 heterocycles. The van der Waals surface area contributed by atoms with Gasteiger partial charge in [-0.25, -0.2) is 0 Å². The summed E-state index contributed by atoms with van der Waals surface area (Å²) in [7, 11) is 3.88. The monoisotopic (exact) mass is 457 g/mol. The lowest BCUT2D eigenvalue weighted by atomic mass is 9.53. The Morgan fingerprint density at radius 2 is 2.06 bits per heavy atom. The van der Waals surface area contributed by atoms with E-state index in [0.29, 0.717) is 25.2 Å². The zero-order chi connectivity index (χ0) is 23.0. The molecule has 2 bridgehead atoms. The van der Waals surface area contributed by atoms with Crippen LogP contribution in [0, 0.1) is 5.92 Å². The van der Waals surface area contributed by atoms with Crippen molar-refractivity contribution in [2.24, 2.45) is 5.92 Å². The van der Waals surface area contributed by atoms with Crippen LogP contribution in [0.1, 0.15) is 43.7 Å². The first-order valence-electron chi connectivity index (χ1n) is 12.1. The van der Waals surface area contributed by atoms with Crippen molar-refractivity contribution in [2.75, 3.05) is 40.7 Å². The second-order valence-corrected chi connectivity index (χ2v) is 9.71. The van der Waals surface area contributed by atoms with Crippen LogP contribution in [0.15, 0.2) is 24.3 Å². The van der Waals surface area contributed by atoms with Gasteiger partial charge in [0.2, 0.25) is 0 Å². The minimum Gasteiger partial charge on any atom is -0.482 e.